The Morgan fingerprint density at radius 2 is 1.93 bits per heavy atom. The molecule has 2 unspecified atom stereocenters. The smallest absolute Gasteiger partial charge is 0.342 e. The molecule has 0 amide bonds. The number of aliphatic carboxylic acids is 1. The van der Waals surface area contributed by atoms with E-state index in [1.165, 1.54) is 32.1 Å². The van der Waals surface area contributed by atoms with E-state index in [2.05, 4.69) is 0 Å². The van der Waals surface area contributed by atoms with Crippen molar-refractivity contribution in [3.63, 3.8) is 0 Å². The molecular formula is C21H18O9. The van der Waals surface area contributed by atoms with E-state index in [9.17, 15) is 29.7 Å². The van der Waals surface area contributed by atoms with Gasteiger partial charge in [0.2, 0.25) is 0 Å². The molecule has 4 N–H and O–H groups in total. The summed E-state index contributed by atoms with van der Waals surface area (Å²) in [5.74, 6) is -3.60. The number of aromatic hydroxyl groups is 2. The molecule has 0 spiro atoms. The Bertz CT molecular complexity index is 1050. The minimum Gasteiger partial charge on any atom is -0.508 e. The summed E-state index contributed by atoms with van der Waals surface area (Å²) in [7, 11) is 0. The second kappa shape index (κ2) is 7.53. The van der Waals surface area contributed by atoms with Gasteiger partial charge in [0.05, 0.1) is 6.26 Å². The van der Waals surface area contributed by atoms with E-state index in [4.69, 9.17) is 14.6 Å². The number of ether oxygens (including phenoxy) is 2. The van der Waals surface area contributed by atoms with Gasteiger partial charge in [0.15, 0.2) is 17.5 Å². The van der Waals surface area contributed by atoms with Gasteiger partial charge in [0.25, 0.3) is 0 Å². The predicted octanol–water partition coefficient (Wildman–Crippen LogP) is 1.63. The van der Waals surface area contributed by atoms with Gasteiger partial charge in [0.1, 0.15) is 22.8 Å². The summed E-state index contributed by atoms with van der Waals surface area (Å²) in [6, 6.07) is 2.21. The molecule has 1 aromatic carbocycles. The molecule has 0 aromatic heterocycles. The zero-order chi connectivity index (χ0) is 22.2. The molecule has 1 aromatic rings. The minimum absolute atomic E-state index is 0.124. The third kappa shape index (κ3) is 3.83. The molecule has 156 valence electrons. The number of carbonyl (C=O) groups excluding carboxylic acids is 2. The molecular weight excluding hydrogens is 396 g/mol. The zero-order valence-corrected chi connectivity index (χ0v) is 15.9. The van der Waals surface area contributed by atoms with Gasteiger partial charge < -0.3 is 29.9 Å². The van der Waals surface area contributed by atoms with Gasteiger partial charge in [-0.15, -0.1) is 0 Å². The fourth-order valence-electron chi connectivity index (χ4n) is 3.13. The van der Waals surface area contributed by atoms with E-state index in [0.717, 1.165) is 24.5 Å². The fourth-order valence-corrected chi connectivity index (χ4v) is 3.13. The van der Waals surface area contributed by atoms with Crippen LogP contribution in [-0.2, 0) is 19.1 Å². The third-order valence-corrected chi connectivity index (χ3v) is 4.65. The first-order chi connectivity index (χ1) is 14.0. The Balaban J connectivity index is 1.96. The number of ketones is 1. The van der Waals surface area contributed by atoms with Crippen molar-refractivity contribution < 1.29 is 44.3 Å². The van der Waals surface area contributed by atoms with Crippen LogP contribution in [0.15, 0.2) is 59.6 Å². The van der Waals surface area contributed by atoms with Gasteiger partial charge in [-0.25, -0.2) is 9.59 Å². The van der Waals surface area contributed by atoms with E-state index >= 15 is 0 Å². The van der Waals surface area contributed by atoms with Gasteiger partial charge >= 0.3 is 11.9 Å². The SMILES string of the molecule is Cc1cc(O)cc(O)c1C(=O)OC1C2=COC(C=CC(=O)O)=CC2=CC(=O)C1(C)O. The number of aliphatic hydroxyl groups is 1. The molecule has 3 rings (SSSR count). The molecule has 30 heavy (non-hydrogen) atoms. The van der Waals surface area contributed by atoms with Crippen LogP contribution in [0, 0.1) is 6.92 Å². The Kier molecular flexibility index (Phi) is 5.24. The Hall–Kier alpha value is -3.85. The number of carbonyl (C=O) groups is 3. The summed E-state index contributed by atoms with van der Waals surface area (Å²) >= 11 is 0. The van der Waals surface area contributed by atoms with Crippen molar-refractivity contribution in [3.05, 3.63) is 70.7 Å². The van der Waals surface area contributed by atoms with Gasteiger partial charge in [-0.05, 0) is 49.3 Å². The maximum absolute atomic E-state index is 12.7. The molecule has 0 fully saturated rings. The van der Waals surface area contributed by atoms with Crippen molar-refractivity contribution in [2.24, 2.45) is 0 Å². The van der Waals surface area contributed by atoms with E-state index in [0.29, 0.717) is 0 Å². The molecule has 9 heteroatoms. The average molecular weight is 414 g/mol. The lowest BCUT2D eigenvalue weighted by molar-refractivity contribution is -0.141. The summed E-state index contributed by atoms with van der Waals surface area (Å²) in [5, 5.41) is 38.9. The predicted molar refractivity (Wildman–Crippen MR) is 101 cm³/mol. The molecule has 1 heterocycles. The number of phenols is 2. The Morgan fingerprint density at radius 1 is 1.23 bits per heavy atom. The summed E-state index contributed by atoms with van der Waals surface area (Å²) < 4.78 is 10.7. The second-order valence-corrected chi connectivity index (χ2v) is 6.96. The van der Waals surface area contributed by atoms with Crippen LogP contribution in [0.5, 0.6) is 11.5 Å². The normalized spacial score (nSPS) is 23.1. The van der Waals surface area contributed by atoms with Crippen molar-refractivity contribution in [1.29, 1.82) is 0 Å². The topological polar surface area (TPSA) is 151 Å². The highest BCUT2D eigenvalue weighted by molar-refractivity contribution is 6.02. The first kappa shape index (κ1) is 20.9. The number of phenolic OH excluding ortho intramolecular Hbond substituents is 2. The van der Waals surface area contributed by atoms with E-state index in [1.807, 2.05) is 0 Å². The highest BCUT2D eigenvalue weighted by Gasteiger charge is 2.48. The highest BCUT2D eigenvalue weighted by atomic mass is 16.6. The molecule has 0 bridgehead atoms. The summed E-state index contributed by atoms with van der Waals surface area (Å²) in [4.78, 5) is 35.8. The van der Waals surface area contributed by atoms with Crippen LogP contribution in [0.3, 0.4) is 0 Å². The number of benzene rings is 1. The summed E-state index contributed by atoms with van der Waals surface area (Å²) in [6.45, 7) is 2.65. The zero-order valence-electron chi connectivity index (χ0n) is 15.9. The molecule has 1 aliphatic carbocycles. The Morgan fingerprint density at radius 3 is 2.57 bits per heavy atom. The van der Waals surface area contributed by atoms with Gasteiger partial charge in [-0.3, -0.25) is 4.79 Å². The van der Waals surface area contributed by atoms with Crippen molar-refractivity contribution in [3.8, 4) is 11.5 Å². The summed E-state index contributed by atoms with van der Waals surface area (Å²) in [6.07, 6.45) is 4.21. The highest BCUT2D eigenvalue weighted by Crippen LogP contribution is 2.37. The molecule has 2 atom stereocenters. The number of carboxylic acid groups (broad SMARTS) is 1. The standard InChI is InChI=1S/C21H18O9/c1-10-5-12(22)8-15(23)18(10)20(27)30-19-14-9-29-13(3-4-17(25)26)6-11(14)7-16(24)21(19,2)28/h3-9,19,22-23,28H,1-2H3,(H,25,26). The molecule has 0 saturated heterocycles. The number of hydrogen-bond acceptors (Lipinski definition) is 8. The van der Waals surface area contributed by atoms with Crippen molar-refractivity contribution in [2.75, 3.05) is 0 Å². The molecule has 9 nitrogen and oxygen atoms in total. The number of esters is 1. The largest absolute Gasteiger partial charge is 0.508 e. The minimum atomic E-state index is -2.11. The molecule has 0 saturated carbocycles. The third-order valence-electron chi connectivity index (χ3n) is 4.65. The van der Waals surface area contributed by atoms with Crippen LogP contribution in [0.4, 0.5) is 0 Å². The van der Waals surface area contributed by atoms with Crippen LogP contribution in [-0.4, -0.2) is 49.9 Å². The number of allylic oxidation sites excluding steroid dienone is 2. The number of hydrogen-bond donors (Lipinski definition) is 4. The summed E-state index contributed by atoms with van der Waals surface area (Å²) in [5.41, 5.74) is -1.67. The molecule has 0 radical (unpaired) electrons. The first-order valence-corrected chi connectivity index (χ1v) is 8.72. The second-order valence-electron chi connectivity index (χ2n) is 6.96. The molecule has 1 aliphatic heterocycles. The van der Waals surface area contributed by atoms with Crippen LogP contribution >= 0.6 is 0 Å². The maximum atomic E-state index is 12.7. The van der Waals surface area contributed by atoms with Crippen LogP contribution < -0.4 is 0 Å². The van der Waals surface area contributed by atoms with Gasteiger partial charge in [-0.2, -0.15) is 0 Å². The van der Waals surface area contributed by atoms with E-state index in [-0.39, 0.29) is 33.8 Å². The van der Waals surface area contributed by atoms with Crippen LogP contribution in [0.2, 0.25) is 0 Å². The van der Waals surface area contributed by atoms with E-state index < -0.39 is 35.2 Å². The number of rotatable bonds is 4. The van der Waals surface area contributed by atoms with Crippen molar-refractivity contribution >= 4 is 17.7 Å². The van der Waals surface area contributed by atoms with Gasteiger partial charge in [-0.1, -0.05) is 0 Å². The first-order valence-electron chi connectivity index (χ1n) is 8.72. The number of fused-ring (bicyclic) bond motifs is 1. The number of carboxylic acids is 1. The lowest BCUT2D eigenvalue weighted by Gasteiger charge is -2.36. The van der Waals surface area contributed by atoms with Gasteiger partial charge in [0, 0.05) is 17.7 Å². The fraction of sp³-hybridized carbons (Fsp3) is 0.190. The average Bonchev–Trinajstić information content (AvgIpc) is 2.63. The van der Waals surface area contributed by atoms with E-state index in [1.54, 1.807) is 0 Å². The quantitative estimate of drug-likeness (QED) is 0.426. The number of aryl methyl sites for hydroxylation is 1. The van der Waals surface area contributed by atoms with Crippen LogP contribution in [0.1, 0.15) is 22.8 Å². The maximum Gasteiger partial charge on any atom is 0.342 e. The monoisotopic (exact) mass is 414 g/mol. The molecule has 2 aliphatic rings. The van der Waals surface area contributed by atoms with Crippen molar-refractivity contribution in [2.45, 2.75) is 25.6 Å². The van der Waals surface area contributed by atoms with Crippen LogP contribution in [0.25, 0.3) is 0 Å². The Labute approximate surface area is 170 Å². The lowest BCUT2D eigenvalue weighted by Crippen LogP contribution is -2.52. The lowest BCUT2D eigenvalue weighted by atomic mass is 9.79. The van der Waals surface area contributed by atoms with Crippen molar-refractivity contribution in [1.82, 2.24) is 0 Å².